The number of hydrogen-bond donors (Lipinski definition) is 0. The average Bonchev–Trinajstić information content (AvgIpc) is 2.73. The Balaban J connectivity index is 2.04. The number of nitrogens with zero attached hydrogens (tertiary/aromatic N) is 2. The van der Waals surface area contributed by atoms with E-state index in [1.165, 1.54) is 4.90 Å². The number of carbonyl (C=O) groups is 2. The van der Waals surface area contributed by atoms with E-state index >= 15 is 0 Å². The maximum atomic E-state index is 13.1. The summed E-state index contributed by atoms with van der Waals surface area (Å²) in [5.74, 6) is -0.676. The zero-order valence-electron chi connectivity index (χ0n) is 17.1. The first-order chi connectivity index (χ1) is 13.9. The van der Waals surface area contributed by atoms with Crippen LogP contribution in [0.1, 0.15) is 38.9 Å². The summed E-state index contributed by atoms with van der Waals surface area (Å²) in [6.07, 6.45) is 1.66. The summed E-state index contributed by atoms with van der Waals surface area (Å²) in [5, 5.41) is 0. The largest absolute Gasteiger partial charge is 0.462 e. The summed E-state index contributed by atoms with van der Waals surface area (Å²) in [4.78, 5) is 31.3. The van der Waals surface area contributed by atoms with E-state index in [1.807, 2.05) is 50.2 Å². The van der Waals surface area contributed by atoms with Crippen molar-refractivity contribution in [2.75, 3.05) is 18.6 Å². The first-order valence-corrected chi connectivity index (χ1v) is 9.49. The van der Waals surface area contributed by atoms with Crippen molar-refractivity contribution in [3.63, 3.8) is 0 Å². The van der Waals surface area contributed by atoms with E-state index in [9.17, 15) is 9.59 Å². The van der Waals surface area contributed by atoms with Gasteiger partial charge in [-0.1, -0.05) is 29.8 Å². The van der Waals surface area contributed by atoms with Crippen molar-refractivity contribution in [2.45, 2.75) is 20.8 Å². The minimum absolute atomic E-state index is 0.227. The van der Waals surface area contributed by atoms with E-state index in [1.54, 1.807) is 38.4 Å². The highest BCUT2D eigenvalue weighted by Crippen LogP contribution is 2.25. The lowest BCUT2D eigenvalue weighted by Gasteiger charge is -2.18. The predicted molar refractivity (Wildman–Crippen MR) is 114 cm³/mol. The van der Waals surface area contributed by atoms with Crippen molar-refractivity contribution in [2.24, 2.45) is 0 Å². The second-order valence-corrected chi connectivity index (χ2v) is 6.91. The molecular weight excluding hydrogens is 364 g/mol. The number of hydrogen-bond acceptors (Lipinski definition) is 4. The minimum Gasteiger partial charge on any atom is -0.462 e. The summed E-state index contributed by atoms with van der Waals surface area (Å²) < 4.78 is 5.16. The van der Waals surface area contributed by atoms with Gasteiger partial charge in [0.1, 0.15) is 0 Å². The molecule has 0 unspecified atom stereocenters. The molecule has 0 radical (unpaired) electrons. The third-order valence-corrected chi connectivity index (χ3v) is 4.66. The second-order valence-electron chi connectivity index (χ2n) is 6.91. The summed E-state index contributed by atoms with van der Waals surface area (Å²) in [5.41, 5.74) is 5.17. The molecule has 5 nitrogen and oxygen atoms in total. The van der Waals surface area contributed by atoms with Gasteiger partial charge in [-0.25, -0.2) is 4.79 Å². The molecule has 29 heavy (non-hydrogen) atoms. The van der Waals surface area contributed by atoms with Crippen LogP contribution in [0.3, 0.4) is 0 Å². The van der Waals surface area contributed by atoms with E-state index in [0.29, 0.717) is 16.8 Å². The van der Waals surface area contributed by atoms with E-state index in [4.69, 9.17) is 4.74 Å². The number of aromatic nitrogens is 1. The molecule has 0 spiro atoms. The van der Waals surface area contributed by atoms with Gasteiger partial charge in [-0.2, -0.15) is 0 Å². The van der Waals surface area contributed by atoms with Gasteiger partial charge in [-0.3, -0.25) is 9.78 Å². The van der Waals surface area contributed by atoms with E-state index < -0.39 is 5.97 Å². The van der Waals surface area contributed by atoms with Gasteiger partial charge in [0.2, 0.25) is 0 Å². The first kappa shape index (κ1) is 20.3. The predicted octanol–water partition coefficient (Wildman–Crippen LogP) is 4.82. The van der Waals surface area contributed by atoms with Crippen LogP contribution in [0.15, 0.2) is 60.8 Å². The SMILES string of the molecule is CCOC(=O)c1cc(C(=O)N(C)c2ccc(C)nc2)cc(-c2ccc(C)cc2)c1. The van der Waals surface area contributed by atoms with Gasteiger partial charge in [0, 0.05) is 18.3 Å². The number of aryl methyl sites for hydroxylation is 2. The zero-order valence-corrected chi connectivity index (χ0v) is 17.1. The lowest BCUT2D eigenvalue weighted by Crippen LogP contribution is -2.26. The van der Waals surface area contributed by atoms with Crippen LogP contribution in [0.25, 0.3) is 11.1 Å². The van der Waals surface area contributed by atoms with Crippen LogP contribution < -0.4 is 4.90 Å². The van der Waals surface area contributed by atoms with Crippen LogP contribution in [-0.2, 0) is 4.74 Å². The Morgan fingerprint density at radius 2 is 1.62 bits per heavy atom. The molecule has 2 aromatic carbocycles. The number of rotatable bonds is 5. The number of esters is 1. The van der Waals surface area contributed by atoms with Gasteiger partial charge in [0.15, 0.2) is 0 Å². The molecule has 0 saturated heterocycles. The standard InChI is InChI=1S/C24H24N2O3/c1-5-29-24(28)21-13-19(18-9-6-16(2)7-10-18)12-20(14-21)23(27)26(4)22-11-8-17(3)25-15-22/h6-15H,5H2,1-4H3. The van der Waals surface area contributed by atoms with Crippen molar-refractivity contribution >= 4 is 17.6 Å². The molecule has 0 aliphatic rings. The van der Waals surface area contributed by atoms with Crippen LogP contribution in [0.5, 0.6) is 0 Å². The highest BCUT2D eigenvalue weighted by atomic mass is 16.5. The fourth-order valence-corrected chi connectivity index (χ4v) is 2.97. The Kier molecular flexibility index (Phi) is 6.07. The molecule has 0 aliphatic carbocycles. The van der Waals surface area contributed by atoms with E-state index in [2.05, 4.69) is 4.98 Å². The van der Waals surface area contributed by atoms with Gasteiger partial charge in [-0.05, 0) is 62.2 Å². The van der Waals surface area contributed by atoms with Gasteiger partial charge in [0.25, 0.3) is 5.91 Å². The number of carbonyl (C=O) groups excluding carboxylic acids is 2. The van der Waals surface area contributed by atoms with Crippen molar-refractivity contribution < 1.29 is 14.3 Å². The monoisotopic (exact) mass is 388 g/mol. The lowest BCUT2D eigenvalue weighted by molar-refractivity contribution is 0.0526. The molecule has 148 valence electrons. The Hall–Kier alpha value is -3.47. The van der Waals surface area contributed by atoms with Gasteiger partial charge < -0.3 is 9.64 Å². The summed E-state index contributed by atoms with van der Waals surface area (Å²) in [6, 6.07) is 16.8. The highest BCUT2D eigenvalue weighted by molar-refractivity contribution is 6.07. The summed E-state index contributed by atoms with van der Waals surface area (Å²) >= 11 is 0. The molecule has 3 rings (SSSR count). The molecule has 1 aromatic heterocycles. The smallest absolute Gasteiger partial charge is 0.338 e. The van der Waals surface area contributed by atoms with Crippen LogP contribution in [0.4, 0.5) is 5.69 Å². The number of pyridine rings is 1. The quantitative estimate of drug-likeness (QED) is 0.588. The van der Waals surface area contributed by atoms with E-state index in [0.717, 1.165) is 22.4 Å². The summed E-state index contributed by atoms with van der Waals surface area (Å²) in [7, 11) is 1.69. The molecule has 1 amide bonds. The topological polar surface area (TPSA) is 59.5 Å². The van der Waals surface area contributed by atoms with Crippen molar-refractivity contribution in [1.82, 2.24) is 4.98 Å². The maximum absolute atomic E-state index is 13.1. The maximum Gasteiger partial charge on any atom is 0.338 e. The van der Waals surface area contributed by atoms with Crippen molar-refractivity contribution in [3.8, 4) is 11.1 Å². The number of anilines is 1. The average molecular weight is 388 g/mol. The third-order valence-electron chi connectivity index (χ3n) is 4.66. The Morgan fingerprint density at radius 3 is 2.24 bits per heavy atom. The molecule has 0 bridgehead atoms. The van der Waals surface area contributed by atoms with Crippen LogP contribution in [0.2, 0.25) is 0 Å². The molecular formula is C24H24N2O3. The Labute approximate surface area is 171 Å². The van der Waals surface area contributed by atoms with Crippen LogP contribution in [0, 0.1) is 13.8 Å². The normalized spacial score (nSPS) is 10.5. The molecule has 0 aliphatic heterocycles. The third kappa shape index (κ3) is 4.69. The van der Waals surface area contributed by atoms with E-state index in [-0.39, 0.29) is 12.5 Å². The van der Waals surface area contributed by atoms with Gasteiger partial charge >= 0.3 is 5.97 Å². The molecule has 0 N–H and O–H groups in total. The number of ether oxygens (including phenoxy) is 1. The highest BCUT2D eigenvalue weighted by Gasteiger charge is 2.18. The number of benzene rings is 2. The van der Waals surface area contributed by atoms with Crippen LogP contribution in [-0.4, -0.2) is 30.5 Å². The molecule has 0 atom stereocenters. The number of amides is 1. The molecule has 3 aromatic rings. The van der Waals surface area contributed by atoms with Crippen molar-refractivity contribution in [1.29, 1.82) is 0 Å². The Morgan fingerprint density at radius 1 is 0.931 bits per heavy atom. The molecule has 5 heteroatoms. The van der Waals surface area contributed by atoms with Crippen molar-refractivity contribution in [3.05, 3.63) is 83.2 Å². The molecule has 1 heterocycles. The molecule has 0 saturated carbocycles. The van der Waals surface area contributed by atoms with Crippen LogP contribution >= 0.6 is 0 Å². The molecule has 0 fully saturated rings. The minimum atomic E-state index is -0.449. The summed E-state index contributed by atoms with van der Waals surface area (Å²) in [6.45, 7) is 5.93. The van der Waals surface area contributed by atoms with Gasteiger partial charge in [-0.15, -0.1) is 0 Å². The first-order valence-electron chi connectivity index (χ1n) is 9.49. The van der Waals surface area contributed by atoms with Gasteiger partial charge in [0.05, 0.1) is 24.1 Å². The zero-order chi connectivity index (χ0) is 21.0. The second kappa shape index (κ2) is 8.69. The lowest BCUT2D eigenvalue weighted by atomic mass is 9.98. The Bertz CT molecular complexity index is 1020. The fraction of sp³-hybridized carbons (Fsp3) is 0.208. The fourth-order valence-electron chi connectivity index (χ4n) is 2.97.